The van der Waals surface area contributed by atoms with E-state index in [1.54, 1.807) is 30.5 Å². The molecule has 0 aliphatic heterocycles. The number of nitrogens with zero attached hydrogens (tertiary/aromatic N) is 1. The number of benzene rings is 1. The third-order valence-electron chi connectivity index (χ3n) is 3.76. The summed E-state index contributed by atoms with van der Waals surface area (Å²) in [5, 5.41) is 8.99. The summed E-state index contributed by atoms with van der Waals surface area (Å²) in [6.45, 7) is 0. The van der Waals surface area contributed by atoms with E-state index in [0.717, 1.165) is 14.5 Å². The molecule has 3 atom stereocenters. The Hall–Kier alpha value is -1.73. The standard InChI is InChI=1S/C17H14Br2FN3O/c18-12-6-5-10(9-13(12)19)16-11(17(16)20)3-1-2-4-15(24)22-14-7-8-21-23-14/h1-9,11,16-17H,(H2,21,22,23,24)/b3-1+,4-2+. The lowest BCUT2D eigenvalue weighted by atomic mass is 10.1. The van der Waals surface area contributed by atoms with Crippen molar-refractivity contribution in [2.75, 3.05) is 5.32 Å². The van der Waals surface area contributed by atoms with Crippen molar-refractivity contribution in [1.29, 1.82) is 0 Å². The quantitative estimate of drug-likeness (QED) is 0.506. The van der Waals surface area contributed by atoms with Gasteiger partial charge in [0.1, 0.15) is 12.0 Å². The zero-order chi connectivity index (χ0) is 17.1. The molecule has 2 aromatic rings. The van der Waals surface area contributed by atoms with Crippen molar-refractivity contribution in [3.8, 4) is 0 Å². The number of alkyl halides is 1. The molecule has 3 unspecified atom stereocenters. The van der Waals surface area contributed by atoms with Crippen LogP contribution in [0.25, 0.3) is 0 Å². The maximum Gasteiger partial charge on any atom is 0.249 e. The first-order chi connectivity index (χ1) is 11.6. The molecule has 4 nitrogen and oxygen atoms in total. The second-order valence-corrected chi connectivity index (χ2v) is 7.13. The Morgan fingerprint density at radius 1 is 1.25 bits per heavy atom. The molecule has 124 valence electrons. The average molecular weight is 455 g/mol. The number of hydrogen-bond donors (Lipinski definition) is 2. The van der Waals surface area contributed by atoms with Crippen molar-refractivity contribution in [2.45, 2.75) is 12.1 Å². The van der Waals surface area contributed by atoms with E-state index in [0.29, 0.717) is 5.82 Å². The van der Waals surface area contributed by atoms with E-state index < -0.39 is 6.17 Å². The summed E-state index contributed by atoms with van der Waals surface area (Å²) in [5.41, 5.74) is 0.966. The summed E-state index contributed by atoms with van der Waals surface area (Å²) in [7, 11) is 0. The number of carbonyl (C=O) groups is 1. The number of anilines is 1. The third-order valence-corrected chi connectivity index (χ3v) is 5.64. The van der Waals surface area contributed by atoms with Crippen LogP contribution in [0.15, 0.2) is 63.7 Å². The van der Waals surface area contributed by atoms with E-state index in [1.165, 1.54) is 6.08 Å². The van der Waals surface area contributed by atoms with Gasteiger partial charge in [0.15, 0.2) is 0 Å². The molecule has 1 fully saturated rings. The van der Waals surface area contributed by atoms with Gasteiger partial charge in [-0.1, -0.05) is 24.3 Å². The Morgan fingerprint density at radius 2 is 2.08 bits per heavy atom. The van der Waals surface area contributed by atoms with Gasteiger partial charge in [-0.15, -0.1) is 0 Å². The Labute approximate surface area is 155 Å². The predicted octanol–water partition coefficient (Wildman–Crippen LogP) is 4.74. The molecule has 0 radical (unpaired) electrons. The van der Waals surface area contributed by atoms with Gasteiger partial charge in [0.25, 0.3) is 0 Å². The van der Waals surface area contributed by atoms with Gasteiger partial charge in [-0.05, 0) is 49.6 Å². The van der Waals surface area contributed by atoms with Gasteiger partial charge in [-0.2, -0.15) is 5.10 Å². The molecule has 1 aliphatic carbocycles. The average Bonchev–Trinajstić information content (AvgIpc) is 2.95. The molecular formula is C17H14Br2FN3O. The SMILES string of the molecule is O=C(/C=C/C=C/C1C(F)C1c1ccc(Br)c(Br)c1)Nc1ccn[nH]1. The molecule has 1 aromatic carbocycles. The van der Waals surface area contributed by atoms with Gasteiger partial charge in [0, 0.05) is 32.9 Å². The minimum absolute atomic E-state index is 0.127. The first-order valence-corrected chi connectivity index (χ1v) is 8.89. The summed E-state index contributed by atoms with van der Waals surface area (Å²) < 4.78 is 15.9. The van der Waals surface area contributed by atoms with E-state index in [4.69, 9.17) is 0 Å². The molecule has 3 rings (SSSR count). The number of amides is 1. The third kappa shape index (κ3) is 4.02. The molecule has 24 heavy (non-hydrogen) atoms. The minimum Gasteiger partial charge on any atom is -0.307 e. The summed E-state index contributed by atoms with van der Waals surface area (Å²) in [4.78, 5) is 11.6. The van der Waals surface area contributed by atoms with Crippen LogP contribution in [-0.2, 0) is 4.79 Å². The van der Waals surface area contributed by atoms with Crippen LogP contribution >= 0.6 is 31.9 Å². The first kappa shape index (κ1) is 17.1. The second-order valence-electron chi connectivity index (χ2n) is 5.42. The zero-order valence-corrected chi connectivity index (χ0v) is 15.6. The van der Waals surface area contributed by atoms with Crippen LogP contribution in [0.5, 0.6) is 0 Å². The van der Waals surface area contributed by atoms with Crippen molar-refractivity contribution >= 4 is 43.6 Å². The van der Waals surface area contributed by atoms with Crippen LogP contribution in [0.4, 0.5) is 10.2 Å². The lowest BCUT2D eigenvalue weighted by molar-refractivity contribution is -0.111. The number of H-pyrrole nitrogens is 1. The van der Waals surface area contributed by atoms with Crippen molar-refractivity contribution in [3.05, 3.63) is 69.3 Å². The van der Waals surface area contributed by atoms with Crippen LogP contribution in [0, 0.1) is 5.92 Å². The Morgan fingerprint density at radius 3 is 2.79 bits per heavy atom. The molecule has 7 heteroatoms. The molecule has 1 saturated carbocycles. The van der Waals surface area contributed by atoms with Crippen molar-refractivity contribution in [3.63, 3.8) is 0 Å². The molecule has 1 heterocycles. The zero-order valence-electron chi connectivity index (χ0n) is 12.4. The van der Waals surface area contributed by atoms with Gasteiger partial charge >= 0.3 is 0 Å². The highest BCUT2D eigenvalue weighted by molar-refractivity contribution is 9.13. The highest BCUT2D eigenvalue weighted by Crippen LogP contribution is 2.51. The van der Waals surface area contributed by atoms with Crippen molar-refractivity contribution < 1.29 is 9.18 Å². The number of rotatable bonds is 5. The van der Waals surface area contributed by atoms with E-state index in [-0.39, 0.29) is 17.7 Å². The number of aromatic amines is 1. The molecule has 2 N–H and O–H groups in total. The Balaban J connectivity index is 1.54. The fraction of sp³-hybridized carbons (Fsp3) is 0.176. The van der Waals surface area contributed by atoms with Gasteiger partial charge in [-0.3, -0.25) is 9.89 Å². The van der Waals surface area contributed by atoms with Crippen molar-refractivity contribution in [2.24, 2.45) is 5.92 Å². The lowest BCUT2D eigenvalue weighted by Gasteiger charge is -2.01. The maximum absolute atomic E-state index is 14.0. The van der Waals surface area contributed by atoms with Crippen LogP contribution < -0.4 is 5.32 Å². The lowest BCUT2D eigenvalue weighted by Crippen LogP contribution is -2.07. The monoisotopic (exact) mass is 453 g/mol. The van der Waals surface area contributed by atoms with Crippen LogP contribution in [-0.4, -0.2) is 22.3 Å². The van der Waals surface area contributed by atoms with Gasteiger partial charge in [-0.25, -0.2) is 4.39 Å². The van der Waals surface area contributed by atoms with Crippen LogP contribution in [0.1, 0.15) is 11.5 Å². The number of nitrogens with one attached hydrogen (secondary N) is 2. The Kier molecular flexibility index (Phi) is 5.30. The molecule has 1 amide bonds. The second kappa shape index (κ2) is 7.44. The van der Waals surface area contributed by atoms with Gasteiger partial charge in [0.05, 0.1) is 6.20 Å². The maximum atomic E-state index is 14.0. The smallest absolute Gasteiger partial charge is 0.249 e. The molecule has 0 bridgehead atoms. The van der Waals surface area contributed by atoms with E-state index >= 15 is 0 Å². The predicted molar refractivity (Wildman–Crippen MR) is 98.5 cm³/mol. The molecule has 0 spiro atoms. The number of carbonyl (C=O) groups excluding carboxylic acids is 1. The molecule has 1 aromatic heterocycles. The summed E-state index contributed by atoms with van der Waals surface area (Å²) in [6, 6.07) is 7.42. The highest BCUT2D eigenvalue weighted by atomic mass is 79.9. The van der Waals surface area contributed by atoms with E-state index in [9.17, 15) is 9.18 Å². The normalized spacial score (nSPS) is 23.0. The topological polar surface area (TPSA) is 57.8 Å². The molecular weight excluding hydrogens is 441 g/mol. The highest BCUT2D eigenvalue weighted by Gasteiger charge is 2.50. The minimum atomic E-state index is -0.887. The summed E-state index contributed by atoms with van der Waals surface area (Å²) in [6.07, 6.45) is 7.15. The van der Waals surface area contributed by atoms with E-state index in [2.05, 4.69) is 47.4 Å². The Bertz CT molecular complexity index is 789. The fourth-order valence-corrected chi connectivity index (χ4v) is 3.13. The number of allylic oxidation sites excluding steroid dienone is 3. The van der Waals surface area contributed by atoms with Crippen LogP contribution in [0.3, 0.4) is 0 Å². The van der Waals surface area contributed by atoms with Gasteiger partial charge < -0.3 is 5.32 Å². The number of halogens is 3. The fourth-order valence-electron chi connectivity index (χ4n) is 2.48. The first-order valence-electron chi connectivity index (χ1n) is 7.30. The van der Waals surface area contributed by atoms with Gasteiger partial charge in [0.2, 0.25) is 5.91 Å². The largest absolute Gasteiger partial charge is 0.307 e. The molecule has 1 aliphatic rings. The summed E-state index contributed by atoms with van der Waals surface area (Å²) in [5.74, 6) is -0.0262. The number of aromatic nitrogens is 2. The van der Waals surface area contributed by atoms with Crippen LogP contribution in [0.2, 0.25) is 0 Å². The number of hydrogen-bond acceptors (Lipinski definition) is 2. The summed E-state index contributed by atoms with van der Waals surface area (Å²) >= 11 is 6.84. The molecule has 0 saturated heterocycles. The van der Waals surface area contributed by atoms with E-state index in [1.807, 2.05) is 18.2 Å². The van der Waals surface area contributed by atoms with Crippen molar-refractivity contribution in [1.82, 2.24) is 10.2 Å².